The molecule has 1 aliphatic heterocycles. The highest BCUT2D eigenvalue weighted by Crippen LogP contribution is 2.28. The van der Waals surface area contributed by atoms with E-state index >= 15 is 0 Å². The largest absolute Gasteiger partial charge is 0.618 e. The molecule has 0 saturated carbocycles. The van der Waals surface area contributed by atoms with Gasteiger partial charge < -0.3 is 10.5 Å². The summed E-state index contributed by atoms with van der Waals surface area (Å²) >= 11 is 0. The normalized spacial score (nSPS) is 13.0. The number of carbonyl (C=O) groups is 1. The third-order valence-corrected chi connectivity index (χ3v) is 5.06. The first-order valence-corrected chi connectivity index (χ1v) is 9.34. The predicted molar refractivity (Wildman–Crippen MR) is 112 cm³/mol. The first-order chi connectivity index (χ1) is 14.3. The Labute approximate surface area is 172 Å². The van der Waals surface area contributed by atoms with Crippen molar-refractivity contribution >= 4 is 17.3 Å². The molecule has 4 nitrogen and oxygen atoms in total. The Morgan fingerprint density at radius 3 is 2.17 bits per heavy atom. The molecule has 0 fully saturated rings. The number of allylic oxidation sites excluding steroid dienone is 2. The number of hydrogen-bond acceptors (Lipinski definition) is 2. The number of carbonyl (C=O) groups excluding carboxylic acids is 1. The summed E-state index contributed by atoms with van der Waals surface area (Å²) in [6, 6.07) is 16.0. The Bertz CT molecular complexity index is 1210. The maximum absolute atomic E-state index is 13.8. The molecule has 0 aliphatic carbocycles. The van der Waals surface area contributed by atoms with Gasteiger partial charge in [-0.1, -0.05) is 24.3 Å². The quantitative estimate of drug-likeness (QED) is 0.467. The SMILES string of the molecule is CC1=CC(c2ccc(C)c(-c3ccc(NC(=O)c4c(F)cccc4F)cc3)c2)=[N+]1[O-]. The van der Waals surface area contributed by atoms with Gasteiger partial charge in [0, 0.05) is 18.2 Å². The molecule has 0 aromatic heterocycles. The summed E-state index contributed by atoms with van der Waals surface area (Å²) in [6.45, 7) is 3.73. The smallest absolute Gasteiger partial charge is 0.261 e. The van der Waals surface area contributed by atoms with Crippen LogP contribution in [-0.2, 0) is 0 Å². The van der Waals surface area contributed by atoms with Gasteiger partial charge in [-0.05, 0) is 60.0 Å². The van der Waals surface area contributed by atoms with E-state index in [0.717, 1.165) is 39.1 Å². The Kier molecular flexibility index (Phi) is 4.91. The van der Waals surface area contributed by atoms with Gasteiger partial charge in [0.25, 0.3) is 5.91 Å². The molecule has 0 spiro atoms. The lowest BCUT2D eigenvalue weighted by Gasteiger charge is -2.16. The number of nitrogens with zero attached hydrogens (tertiary/aromatic N) is 1. The fourth-order valence-electron chi connectivity index (χ4n) is 3.37. The third kappa shape index (κ3) is 3.48. The van der Waals surface area contributed by atoms with Gasteiger partial charge in [-0.3, -0.25) is 4.79 Å². The van der Waals surface area contributed by atoms with Crippen LogP contribution in [0.3, 0.4) is 0 Å². The van der Waals surface area contributed by atoms with E-state index in [0.29, 0.717) is 17.1 Å². The van der Waals surface area contributed by atoms with Crippen LogP contribution in [0.15, 0.2) is 72.4 Å². The number of hydrogen-bond donors (Lipinski definition) is 1. The lowest BCUT2D eigenvalue weighted by atomic mass is 9.95. The summed E-state index contributed by atoms with van der Waals surface area (Å²) in [5.74, 6) is -2.68. The van der Waals surface area contributed by atoms with Crippen LogP contribution in [0.1, 0.15) is 28.4 Å². The predicted octanol–water partition coefficient (Wildman–Crippen LogP) is 5.41. The van der Waals surface area contributed by atoms with E-state index in [2.05, 4.69) is 5.32 Å². The molecule has 30 heavy (non-hydrogen) atoms. The zero-order valence-corrected chi connectivity index (χ0v) is 16.4. The summed E-state index contributed by atoms with van der Waals surface area (Å²) in [4.78, 5) is 12.2. The van der Waals surface area contributed by atoms with Gasteiger partial charge in [0.1, 0.15) is 17.2 Å². The average Bonchev–Trinajstić information content (AvgIpc) is 2.73. The van der Waals surface area contributed by atoms with Gasteiger partial charge in [-0.15, -0.1) is 0 Å². The van der Waals surface area contributed by atoms with Crippen molar-refractivity contribution in [3.05, 3.63) is 106 Å². The molecule has 0 bridgehead atoms. The minimum Gasteiger partial charge on any atom is -0.618 e. The highest BCUT2D eigenvalue weighted by Gasteiger charge is 2.23. The van der Waals surface area contributed by atoms with Gasteiger partial charge in [0.2, 0.25) is 5.71 Å². The van der Waals surface area contributed by atoms with Crippen molar-refractivity contribution in [1.82, 2.24) is 0 Å². The van der Waals surface area contributed by atoms with Crippen LogP contribution < -0.4 is 5.32 Å². The zero-order valence-electron chi connectivity index (χ0n) is 16.4. The van der Waals surface area contributed by atoms with Gasteiger partial charge >= 0.3 is 0 Å². The molecular weight excluding hydrogens is 386 g/mol. The molecular formula is C24H18F2N2O2. The van der Waals surface area contributed by atoms with E-state index < -0.39 is 23.1 Å². The first kappa shape index (κ1) is 19.5. The minimum atomic E-state index is -0.915. The van der Waals surface area contributed by atoms with Crippen LogP contribution in [0.2, 0.25) is 0 Å². The zero-order chi connectivity index (χ0) is 21.4. The molecule has 6 heteroatoms. The summed E-state index contributed by atoms with van der Waals surface area (Å²) in [5, 5.41) is 14.4. The molecule has 0 saturated heterocycles. The van der Waals surface area contributed by atoms with E-state index in [1.54, 1.807) is 31.2 Å². The Hall–Kier alpha value is -3.80. The number of aryl methyl sites for hydroxylation is 1. The molecule has 4 rings (SSSR count). The number of anilines is 1. The maximum atomic E-state index is 13.8. The molecule has 1 aliphatic rings. The van der Waals surface area contributed by atoms with Crippen molar-refractivity contribution in [1.29, 1.82) is 0 Å². The Balaban J connectivity index is 1.58. The summed E-state index contributed by atoms with van der Waals surface area (Å²) < 4.78 is 28.5. The number of halogens is 2. The van der Waals surface area contributed by atoms with E-state index in [9.17, 15) is 18.8 Å². The van der Waals surface area contributed by atoms with Crippen molar-refractivity contribution in [2.24, 2.45) is 0 Å². The fraction of sp³-hybridized carbons (Fsp3) is 0.0833. The lowest BCUT2D eigenvalue weighted by molar-refractivity contribution is -0.411. The van der Waals surface area contributed by atoms with Crippen LogP contribution >= 0.6 is 0 Å². The third-order valence-electron chi connectivity index (χ3n) is 5.06. The standard InChI is InChI=1S/C24H18F2N2O2/c1-14-6-7-17(22-12-15(2)28(22)30)13-19(14)16-8-10-18(11-9-16)27-24(29)23-20(25)4-3-5-21(23)26/h3-13H,1-2H3,(H,27,29). The van der Waals surface area contributed by atoms with Crippen molar-refractivity contribution in [2.75, 3.05) is 5.32 Å². The van der Waals surface area contributed by atoms with Crippen LogP contribution in [0, 0.1) is 23.8 Å². The van der Waals surface area contributed by atoms with Crippen molar-refractivity contribution in [2.45, 2.75) is 13.8 Å². The number of amides is 1. The number of rotatable bonds is 4. The summed E-state index contributed by atoms with van der Waals surface area (Å²) in [7, 11) is 0. The Morgan fingerprint density at radius 2 is 1.57 bits per heavy atom. The topological polar surface area (TPSA) is 55.2 Å². The summed E-state index contributed by atoms with van der Waals surface area (Å²) in [5.41, 5.74) is 4.77. The second-order valence-corrected chi connectivity index (χ2v) is 7.12. The fourth-order valence-corrected chi connectivity index (χ4v) is 3.37. The molecule has 1 heterocycles. The van der Waals surface area contributed by atoms with Gasteiger partial charge in [-0.25, -0.2) is 8.78 Å². The second-order valence-electron chi connectivity index (χ2n) is 7.12. The molecule has 3 aromatic carbocycles. The van der Waals surface area contributed by atoms with Crippen LogP contribution in [0.5, 0.6) is 0 Å². The summed E-state index contributed by atoms with van der Waals surface area (Å²) in [6.07, 6.45) is 1.84. The van der Waals surface area contributed by atoms with E-state index in [1.165, 1.54) is 6.07 Å². The van der Waals surface area contributed by atoms with Gasteiger partial charge in [0.05, 0.1) is 6.08 Å². The maximum Gasteiger partial charge on any atom is 0.261 e. The molecule has 0 unspecified atom stereocenters. The first-order valence-electron chi connectivity index (χ1n) is 9.34. The van der Waals surface area contributed by atoms with Crippen LogP contribution in [0.4, 0.5) is 14.5 Å². The van der Waals surface area contributed by atoms with E-state index in [-0.39, 0.29) is 0 Å². The van der Waals surface area contributed by atoms with Crippen LogP contribution in [0.25, 0.3) is 11.1 Å². The second kappa shape index (κ2) is 7.55. The van der Waals surface area contributed by atoms with E-state index in [4.69, 9.17) is 0 Å². The van der Waals surface area contributed by atoms with E-state index in [1.807, 2.05) is 31.2 Å². The number of nitrogens with one attached hydrogen (secondary N) is 1. The van der Waals surface area contributed by atoms with Gasteiger partial charge in [-0.2, -0.15) is 4.74 Å². The number of hydroxylamine groups is 1. The molecule has 0 radical (unpaired) electrons. The Morgan fingerprint density at radius 1 is 0.933 bits per heavy atom. The molecule has 3 aromatic rings. The van der Waals surface area contributed by atoms with Crippen molar-refractivity contribution in [3.8, 4) is 11.1 Å². The van der Waals surface area contributed by atoms with Gasteiger partial charge in [0.15, 0.2) is 5.70 Å². The highest BCUT2D eigenvalue weighted by molar-refractivity contribution is 6.09. The number of benzene rings is 3. The minimum absolute atomic E-state index is 0.415. The monoisotopic (exact) mass is 404 g/mol. The van der Waals surface area contributed by atoms with Crippen molar-refractivity contribution < 1.29 is 18.3 Å². The van der Waals surface area contributed by atoms with Crippen molar-refractivity contribution in [3.63, 3.8) is 0 Å². The van der Waals surface area contributed by atoms with Crippen LogP contribution in [-0.4, -0.2) is 16.4 Å². The molecule has 150 valence electrons. The average molecular weight is 404 g/mol. The molecule has 1 N–H and O–H groups in total. The molecule has 0 atom stereocenters. The molecule has 1 amide bonds. The lowest BCUT2D eigenvalue weighted by Crippen LogP contribution is -2.23. The highest BCUT2D eigenvalue weighted by atomic mass is 19.1.